The van der Waals surface area contributed by atoms with Crippen LogP contribution in [0.15, 0.2) is 12.2 Å². The number of hydrogen-bond acceptors (Lipinski definition) is 6. The summed E-state index contributed by atoms with van der Waals surface area (Å²) in [5, 5.41) is 0. The zero-order valence-corrected chi connectivity index (χ0v) is 11.9. The largest absolute Gasteiger partial charge is 0.740 e. The molecule has 2 amide bonds. The van der Waals surface area contributed by atoms with E-state index in [1.54, 1.807) is 0 Å². The molecule has 0 bridgehead atoms. The second-order valence-electron chi connectivity index (χ2n) is 4.45. The van der Waals surface area contributed by atoms with Crippen molar-refractivity contribution in [3.63, 3.8) is 0 Å². The molecule has 0 aromatic rings. The number of nitrogens with zero attached hydrogens (tertiary/aromatic N) is 1. The van der Waals surface area contributed by atoms with Gasteiger partial charge in [0.1, 0.15) is 11.4 Å². The molecule has 0 saturated heterocycles. The Kier molecular flexibility index (Phi) is 6.53. The molecule has 0 saturated carbocycles. The Balaban J connectivity index is 2.33. The lowest BCUT2D eigenvalue weighted by molar-refractivity contribution is -0.138. The van der Waals surface area contributed by atoms with Gasteiger partial charge in [0.2, 0.25) is 0 Å². The normalized spacial score (nSPS) is 17.4. The second-order valence-corrected chi connectivity index (χ2v) is 5.02. The van der Waals surface area contributed by atoms with Gasteiger partial charge in [0, 0.05) is 25.1 Å². The number of imide groups is 1. The molecule has 0 radical (unpaired) electrons. The third-order valence-corrected chi connectivity index (χ3v) is 3.39. The van der Waals surface area contributed by atoms with Crippen LogP contribution in [0.3, 0.4) is 0 Å². The van der Waals surface area contributed by atoms with E-state index in [4.69, 9.17) is 0 Å². The minimum absolute atomic E-state index is 0.00930. The highest BCUT2D eigenvalue weighted by Crippen LogP contribution is 2.17. The summed E-state index contributed by atoms with van der Waals surface area (Å²) in [6, 6.07) is 0. The summed E-state index contributed by atoms with van der Waals surface area (Å²) in [7, 11) is 0. The maximum absolute atomic E-state index is 11.4. The first kappa shape index (κ1) is 16.5. The van der Waals surface area contributed by atoms with Crippen molar-refractivity contribution in [3.8, 4) is 0 Å². The third-order valence-electron chi connectivity index (χ3n) is 3.07. The summed E-state index contributed by atoms with van der Waals surface area (Å²) in [6.07, 6.45) is 4.25. The van der Waals surface area contributed by atoms with Crippen LogP contribution in [0.25, 0.3) is 0 Å². The molecule has 0 aromatic carbocycles. The molecular formula is C12H16NO6S-. The monoisotopic (exact) mass is 302 g/mol. The Labute approximate surface area is 119 Å². The van der Waals surface area contributed by atoms with Crippen molar-refractivity contribution in [2.75, 3.05) is 6.54 Å². The number of amides is 2. The fraction of sp³-hybridized carbons (Fsp3) is 0.583. The summed E-state index contributed by atoms with van der Waals surface area (Å²) in [6.45, 7) is 2.23. The number of carbonyl (C=O) groups excluding carboxylic acids is 3. The first-order valence-electron chi connectivity index (χ1n) is 6.28. The van der Waals surface area contributed by atoms with Crippen molar-refractivity contribution in [1.29, 1.82) is 0 Å². The van der Waals surface area contributed by atoms with Gasteiger partial charge in [0.15, 0.2) is 0 Å². The Morgan fingerprint density at radius 1 is 1.40 bits per heavy atom. The van der Waals surface area contributed by atoms with Crippen LogP contribution in [0.2, 0.25) is 0 Å². The quantitative estimate of drug-likeness (QED) is 0.476. The lowest BCUT2D eigenvalue weighted by Crippen LogP contribution is -2.34. The molecule has 7 nitrogen and oxygen atoms in total. The van der Waals surface area contributed by atoms with E-state index in [2.05, 4.69) is 4.18 Å². The van der Waals surface area contributed by atoms with E-state index in [-0.39, 0.29) is 24.2 Å². The molecule has 0 spiro atoms. The van der Waals surface area contributed by atoms with Gasteiger partial charge >= 0.3 is 5.97 Å². The van der Waals surface area contributed by atoms with Gasteiger partial charge in [0.05, 0.1) is 0 Å². The van der Waals surface area contributed by atoms with E-state index in [0.717, 1.165) is 6.42 Å². The van der Waals surface area contributed by atoms with Crippen molar-refractivity contribution in [3.05, 3.63) is 12.2 Å². The van der Waals surface area contributed by atoms with E-state index < -0.39 is 17.3 Å². The van der Waals surface area contributed by atoms with Gasteiger partial charge < -0.3 is 8.74 Å². The SMILES string of the molecule is CCC(CCCC(=O)OS(=O)[O-])CN1C(=O)C=CC1=O. The molecule has 1 aliphatic rings. The average molecular weight is 302 g/mol. The molecule has 0 N–H and O–H groups in total. The Hall–Kier alpha value is -1.54. The fourth-order valence-electron chi connectivity index (χ4n) is 1.95. The topological polar surface area (TPSA) is 104 Å². The van der Waals surface area contributed by atoms with E-state index >= 15 is 0 Å². The molecule has 0 fully saturated rings. The summed E-state index contributed by atoms with van der Waals surface area (Å²) in [5.74, 6) is -1.37. The smallest absolute Gasteiger partial charge is 0.319 e. The molecule has 2 atom stereocenters. The minimum Gasteiger partial charge on any atom is -0.740 e. The van der Waals surface area contributed by atoms with E-state index in [1.165, 1.54) is 17.1 Å². The molecule has 1 heterocycles. The molecule has 2 unspecified atom stereocenters. The Morgan fingerprint density at radius 2 is 2.00 bits per heavy atom. The lowest BCUT2D eigenvalue weighted by atomic mass is 9.98. The standard InChI is InChI=1S/C12H17NO6S/c1-2-9(4-3-5-12(16)19-20(17)18)8-13-10(14)6-7-11(13)15/h6-7,9H,2-5,8H2,1H3,(H,17,18)/p-1. The van der Waals surface area contributed by atoms with Gasteiger partial charge in [-0.05, 0) is 18.8 Å². The van der Waals surface area contributed by atoms with Crippen LogP contribution < -0.4 is 0 Å². The molecule has 0 aromatic heterocycles. The fourth-order valence-corrected chi connectivity index (χ4v) is 2.18. The van der Waals surface area contributed by atoms with Gasteiger partial charge in [0.25, 0.3) is 11.8 Å². The lowest BCUT2D eigenvalue weighted by Gasteiger charge is -2.21. The molecule has 20 heavy (non-hydrogen) atoms. The zero-order valence-electron chi connectivity index (χ0n) is 11.1. The van der Waals surface area contributed by atoms with Gasteiger partial charge in [-0.3, -0.25) is 19.3 Å². The Bertz CT molecular complexity index is 429. The van der Waals surface area contributed by atoms with Crippen LogP contribution in [0.4, 0.5) is 0 Å². The van der Waals surface area contributed by atoms with Gasteiger partial charge in [-0.25, -0.2) is 4.21 Å². The van der Waals surface area contributed by atoms with E-state index in [1.807, 2.05) is 6.92 Å². The molecule has 0 aliphatic carbocycles. The van der Waals surface area contributed by atoms with Gasteiger partial charge in [-0.15, -0.1) is 0 Å². The molecule has 8 heteroatoms. The van der Waals surface area contributed by atoms with Crippen molar-refractivity contribution in [2.24, 2.45) is 5.92 Å². The summed E-state index contributed by atoms with van der Waals surface area (Å²) >= 11 is -2.83. The van der Waals surface area contributed by atoms with Crippen LogP contribution >= 0.6 is 0 Å². The molecule has 1 rings (SSSR count). The summed E-state index contributed by atoms with van der Waals surface area (Å²) in [4.78, 5) is 35.0. The number of carbonyl (C=O) groups is 3. The Morgan fingerprint density at radius 3 is 2.50 bits per heavy atom. The van der Waals surface area contributed by atoms with Crippen LogP contribution in [-0.4, -0.2) is 38.0 Å². The van der Waals surface area contributed by atoms with Crippen molar-refractivity contribution >= 4 is 29.1 Å². The molecular weight excluding hydrogens is 286 g/mol. The number of rotatable bonds is 8. The number of hydrogen-bond donors (Lipinski definition) is 0. The van der Waals surface area contributed by atoms with Crippen molar-refractivity contribution in [1.82, 2.24) is 4.90 Å². The van der Waals surface area contributed by atoms with Gasteiger partial charge in [-0.1, -0.05) is 13.3 Å². The predicted octanol–water partition coefficient (Wildman–Crippen LogP) is 0.445. The average Bonchev–Trinajstić information content (AvgIpc) is 2.68. The maximum Gasteiger partial charge on any atom is 0.319 e. The molecule has 1 aliphatic heterocycles. The highest BCUT2D eigenvalue weighted by atomic mass is 32.2. The van der Waals surface area contributed by atoms with Crippen molar-refractivity contribution < 1.29 is 27.3 Å². The minimum atomic E-state index is -2.83. The van der Waals surface area contributed by atoms with E-state index in [0.29, 0.717) is 19.4 Å². The first-order chi connectivity index (χ1) is 9.43. The van der Waals surface area contributed by atoms with Crippen LogP contribution in [0.1, 0.15) is 32.6 Å². The third kappa shape index (κ3) is 5.22. The molecule has 112 valence electrons. The highest BCUT2D eigenvalue weighted by Gasteiger charge is 2.25. The van der Waals surface area contributed by atoms with E-state index in [9.17, 15) is 23.1 Å². The van der Waals surface area contributed by atoms with Crippen LogP contribution in [-0.2, 0) is 29.9 Å². The maximum atomic E-state index is 11.4. The van der Waals surface area contributed by atoms with Gasteiger partial charge in [-0.2, -0.15) is 0 Å². The zero-order chi connectivity index (χ0) is 15.1. The summed E-state index contributed by atoms with van der Waals surface area (Å²) in [5.41, 5.74) is 0. The second kappa shape index (κ2) is 7.91. The van der Waals surface area contributed by atoms with Crippen molar-refractivity contribution in [2.45, 2.75) is 32.6 Å². The van der Waals surface area contributed by atoms with Crippen LogP contribution in [0, 0.1) is 5.92 Å². The first-order valence-corrected chi connectivity index (χ1v) is 7.28. The highest BCUT2D eigenvalue weighted by molar-refractivity contribution is 7.74. The van der Waals surface area contributed by atoms with Crippen LogP contribution in [0.5, 0.6) is 0 Å². The summed E-state index contributed by atoms with van der Waals surface area (Å²) < 4.78 is 24.2. The predicted molar refractivity (Wildman–Crippen MR) is 68.5 cm³/mol.